The molecule has 2 atom stereocenters. The predicted octanol–water partition coefficient (Wildman–Crippen LogP) is 1.68. The van der Waals surface area contributed by atoms with Crippen LogP contribution in [0.15, 0.2) is 0 Å². The van der Waals surface area contributed by atoms with Crippen molar-refractivity contribution in [1.29, 1.82) is 0 Å². The molecule has 2 saturated carbocycles. The molecule has 102 valence electrons. The molecule has 5 heteroatoms. The van der Waals surface area contributed by atoms with Gasteiger partial charge in [-0.15, -0.1) is 0 Å². The number of nitrogens with zero attached hydrogens (tertiary/aromatic N) is 1. The van der Waals surface area contributed by atoms with Crippen LogP contribution in [0.1, 0.15) is 39.0 Å². The summed E-state index contributed by atoms with van der Waals surface area (Å²) in [5, 5.41) is 11.9. The van der Waals surface area contributed by atoms with Crippen molar-refractivity contribution < 1.29 is 14.7 Å². The highest BCUT2D eigenvalue weighted by Crippen LogP contribution is 2.30. The number of rotatable bonds is 5. The van der Waals surface area contributed by atoms with E-state index in [0.29, 0.717) is 18.8 Å². The standard InChI is InChI=1S/C13H22N2O3/c1-2-15(8-9-3-4-9)13(18)14-11-6-5-10(7-11)12(16)17/h9-11H,2-8H2,1H3,(H,14,18)(H,16,17)/t10-,11+/m1/s1. The van der Waals surface area contributed by atoms with Gasteiger partial charge in [0.1, 0.15) is 0 Å². The van der Waals surface area contributed by atoms with Crippen LogP contribution in [0.3, 0.4) is 0 Å². The molecular formula is C13H22N2O3. The number of nitrogens with one attached hydrogen (secondary N) is 1. The third-order valence-corrected chi connectivity index (χ3v) is 3.95. The van der Waals surface area contributed by atoms with E-state index < -0.39 is 5.97 Å². The molecule has 0 saturated heterocycles. The van der Waals surface area contributed by atoms with Crippen LogP contribution in [0.25, 0.3) is 0 Å². The van der Waals surface area contributed by atoms with Crippen molar-refractivity contribution in [2.75, 3.05) is 13.1 Å². The first-order valence-electron chi connectivity index (χ1n) is 6.88. The van der Waals surface area contributed by atoms with Gasteiger partial charge in [-0.2, -0.15) is 0 Å². The highest BCUT2D eigenvalue weighted by molar-refractivity contribution is 5.75. The Labute approximate surface area is 108 Å². The summed E-state index contributed by atoms with van der Waals surface area (Å²) in [5.74, 6) is -0.336. The van der Waals surface area contributed by atoms with E-state index in [1.165, 1.54) is 12.8 Å². The SMILES string of the molecule is CCN(CC1CC1)C(=O)N[C@H]1CC[C@@H](C(=O)O)C1. The van der Waals surface area contributed by atoms with E-state index in [4.69, 9.17) is 5.11 Å². The molecule has 2 amide bonds. The molecule has 0 heterocycles. The summed E-state index contributed by atoms with van der Waals surface area (Å²) in [6.45, 7) is 3.55. The van der Waals surface area contributed by atoms with Gasteiger partial charge in [0.25, 0.3) is 0 Å². The lowest BCUT2D eigenvalue weighted by Crippen LogP contribution is -2.44. The first-order valence-corrected chi connectivity index (χ1v) is 6.88. The average Bonchev–Trinajstić information content (AvgIpc) is 3.03. The molecule has 2 fully saturated rings. The Hall–Kier alpha value is -1.26. The van der Waals surface area contributed by atoms with Crippen LogP contribution in [0.4, 0.5) is 4.79 Å². The molecule has 0 spiro atoms. The molecule has 0 aromatic heterocycles. The molecule has 0 aromatic carbocycles. The maximum atomic E-state index is 12.0. The predicted molar refractivity (Wildman–Crippen MR) is 67.3 cm³/mol. The van der Waals surface area contributed by atoms with Gasteiger partial charge in [0.15, 0.2) is 0 Å². The Morgan fingerprint density at radius 2 is 2.00 bits per heavy atom. The largest absolute Gasteiger partial charge is 0.481 e. The lowest BCUT2D eigenvalue weighted by molar-refractivity contribution is -0.141. The number of urea groups is 1. The number of hydrogen-bond acceptors (Lipinski definition) is 2. The summed E-state index contributed by atoms with van der Waals surface area (Å²) in [6.07, 6.45) is 4.49. The second-order valence-electron chi connectivity index (χ2n) is 5.48. The van der Waals surface area contributed by atoms with Crippen LogP contribution in [0, 0.1) is 11.8 Å². The smallest absolute Gasteiger partial charge is 0.317 e. The maximum absolute atomic E-state index is 12.0. The Balaban J connectivity index is 1.77. The zero-order valence-electron chi connectivity index (χ0n) is 10.9. The number of carbonyl (C=O) groups is 2. The van der Waals surface area contributed by atoms with Crippen LogP contribution in [0.2, 0.25) is 0 Å². The zero-order valence-corrected chi connectivity index (χ0v) is 10.9. The van der Waals surface area contributed by atoms with E-state index in [9.17, 15) is 9.59 Å². The minimum Gasteiger partial charge on any atom is -0.481 e. The van der Waals surface area contributed by atoms with Crippen LogP contribution in [0.5, 0.6) is 0 Å². The topological polar surface area (TPSA) is 69.6 Å². The van der Waals surface area contributed by atoms with Crippen LogP contribution < -0.4 is 5.32 Å². The highest BCUT2D eigenvalue weighted by atomic mass is 16.4. The fourth-order valence-electron chi connectivity index (χ4n) is 2.57. The molecule has 18 heavy (non-hydrogen) atoms. The maximum Gasteiger partial charge on any atom is 0.317 e. The van der Waals surface area contributed by atoms with Crippen LogP contribution >= 0.6 is 0 Å². The van der Waals surface area contributed by atoms with Gasteiger partial charge in [0, 0.05) is 19.1 Å². The van der Waals surface area contributed by atoms with Crippen molar-refractivity contribution in [2.45, 2.75) is 45.1 Å². The number of carbonyl (C=O) groups excluding carboxylic acids is 1. The van der Waals surface area contributed by atoms with Crippen molar-refractivity contribution in [3.05, 3.63) is 0 Å². The van der Waals surface area contributed by atoms with Gasteiger partial charge in [-0.05, 0) is 44.9 Å². The Morgan fingerprint density at radius 1 is 1.28 bits per heavy atom. The van der Waals surface area contributed by atoms with E-state index >= 15 is 0 Å². The van der Waals surface area contributed by atoms with Crippen molar-refractivity contribution in [1.82, 2.24) is 10.2 Å². The Morgan fingerprint density at radius 3 is 2.50 bits per heavy atom. The van der Waals surface area contributed by atoms with Gasteiger partial charge in [-0.3, -0.25) is 4.79 Å². The molecule has 0 radical (unpaired) electrons. The van der Waals surface area contributed by atoms with E-state index in [0.717, 1.165) is 19.5 Å². The van der Waals surface area contributed by atoms with Crippen molar-refractivity contribution >= 4 is 12.0 Å². The number of aliphatic carboxylic acids is 1. The summed E-state index contributed by atoms with van der Waals surface area (Å²) >= 11 is 0. The number of amides is 2. The molecule has 2 aliphatic carbocycles. The molecule has 0 aliphatic heterocycles. The van der Waals surface area contributed by atoms with Gasteiger partial charge in [0.2, 0.25) is 0 Å². The third-order valence-electron chi connectivity index (χ3n) is 3.95. The highest BCUT2D eigenvalue weighted by Gasteiger charge is 2.32. The van der Waals surface area contributed by atoms with Crippen molar-refractivity contribution in [3.8, 4) is 0 Å². The fourth-order valence-corrected chi connectivity index (χ4v) is 2.57. The molecule has 5 nitrogen and oxygen atoms in total. The zero-order chi connectivity index (χ0) is 13.1. The van der Waals surface area contributed by atoms with Gasteiger partial charge < -0.3 is 15.3 Å². The Bertz CT molecular complexity index is 328. The van der Waals surface area contributed by atoms with Gasteiger partial charge in [-0.25, -0.2) is 4.79 Å². The van der Waals surface area contributed by atoms with Crippen LogP contribution in [-0.2, 0) is 4.79 Å². The lowest BCUT2D eigenvalue weighted by atomic mass is 10.1. The quantitative estimate of drug-likeness (QED) is 0.784. The van der Waals surface area contributed by atoms with Gasteiger partial charge >= 0.3 is 12.0 Å². The summed E-state index contributed by atoms with van der Waals surface area (Å²) in [5.41, 5.74) is 0. The molecule has 0 bridgehead atoms. The number of carboxylic acid groups (broad SMARTS) is 1. The Kier molecular flexibility index (Phi) is 4.09. The van der Waals surface area contributed by atoms with Crippen molar-refractivity contribution in [3.63, 3.8) is 0 Å². The van der Waals surface area contributed by atoms with E-state index in [1.54, 1.807) is 0 Å². The summed E-state index contributed by atoms with van der Waals surface area (Å²) in [4.78, 5) is 24.7. The molecule has 0 aromatic rings. The molecule has 2 rings (SSSR count). The summed E-state index contributed by atoms with van der Waals surface area (Å²) in [6, 6.07) is 0.00675. The second kappa shape index (κ2) is 5.59. The fraction of sp³-hybridized carbons (Fsp3) is 0.846. The molecule has 2 aliphatic rings. The third kappa shape index (κ3) is 3.37. The first-order chi connectivity index (χ1) is 8.60. The first kappa shape index (κ1) is 13.2. The summed E-state index contributed by atoms with van der Waals surface area (Å²) in [7, 11) is 0. The van der Waals surface area contributed by atoms with Gasteiger partial charge in [-0.1, -0.05) is 0 Å². The van der Waals surface area contributed by atoms with Crippen LogP contribution in [-0.4, -0.2) is 41.1 Å². The van der Waals surface area contributed by atoms with E-state index in [1.807, 2.05) is 11.8 Å². The molecule has 0 unspecified atom stereocenters. The average molecular weight is 254 g/mol. The van der Waals surface area contributed by atoms with Crippen molar-refractivity contribution in [2.24, 2.45) is 11.8 Å². The minimum absolute atomic E-state index is 0.0274. The molecular weight excluding hydrogens is 232 g/mol. The van der Waals surface area contributed by atoms with E-state index in [2.05, 4.69) is 5.32 Å². The minimum atomic E-state index is -0.739. The number of carboxylic acids is 1. The normalized spacial score (nSPS) is 26.9. The lowest BCUT2D eigenvalue weighted by Gasteiger charge is -2.23. The monoisotopic (exact) mass is 254 g/mol. The van der Waals surface area contributed by atoms with E-state index in [-0.39, 0.29) is 18.0 Å². The number of hydrogen-bond donors (Lipinski definition) is 2. The second-order valence-corrected chi connectivity index (χ2v) is 5.48. The summed E-state index contributed by atoms with van der Waals surface area (Å²) < 4.78 is 0. The van der Waals surface area contributed by atoms with Gasteiger partial charge in [0.05, 0.1) is 5.92 Å². The molecule has 2 N–H and O–H groups in total.